The van der Waals surface area contributed by atoms with Gasteiger partial charge in [0, 0.05) is 12.4 Å². The van der Waals surface area contributed by atoms with Gasteiger partial charge < -0.3 is 14.5 Å². The van der Waals surface area contributed by atoms with Crippen LogP contribution in [-0.4, -0.2) is 17.1 Å². The average molecular weight is 190 g/mol. The molecule has 4 nitrogen and oxygen atoms in total. The molecule has 0 bridgehead atoms. The largest absolute Gasteiger partial charge is 0.493 e. The second-order valence-electron chi connectivity index (χ2n) is 2.65. The first-order valence-electron chi connectivity index (χ1n) is 4.20. The van der Waals surface area contributed by atoms with Gasteiger partial charge in [0.05, 0.1) is 7.11 Å². The average Bonchev–Trinajstić information content (AvgIpc) is 2.71. The number of nitrogens with one attached hydrogen (secondary N) is 1. The van der Waals surface area contributed by atoms with Gasteiger partial charge in [-0.15, -0.1) is 0 Å². The Morgan fingerprint density at radius 3 is 2.64 bits per heavy atom. The summed E-state index contributed by atoms with van der Waals surface area (Å²) in [5.41, 5.74) is 0. The predicted octanol–water partition coefficient (Wildman–Crippen LogP) is 2.21. The fourth-order valence-electron chi connectivity index (χ4n) is 1.11. The number of aromatic amines is 1. The number of H-pyrrole nitrogens is 1. The summed E-state index contributed by atoms with van der Waals surface area (Å²) in [5, 5.41) is 0. The molecule has 0 amide bonds. The van der Waals surface area contributed by atoms with Crippen molar-refractivity contribution in [3.63, 3.8) is 0 Å². The van der Waals surface area contributed by atoms with E-state index in [0.717, 1.165) is 0 Å². The van der Waals surface area contributed by atoms with Crippen LogP contribution in [-0.2, 0) is 0 Å². The SMILES string of the molecule is COc1ccccc1Oc1ncc[nH]1. The van der Waals surface area contributed by atoms with Crippen LogP contribution in [0, 0.1) is 0 Å². The van der Waals surface area contributed by atoms with Gasteiger partial charge in [0.1, 0.15) is 0 Å². The second-order valence-corrected chi connectivity index (χ2v) is 2.65. The summed E-state index contributed by atoms with van der Waals surface area (Å²) in [7, 11) is 1.60. The summed E-state index contributed by atoms with van der Waals surface area (Å²) in [6, 6.07) is 7.86. The Labute approximate surface area is 81.5 Å². The van der Waals surface area contributed by atoms with E-state index in [0.29, 0.717) is 17.5 Å². The summed E-state index contributed by atoms with van der Waals surface area (Å²) in [5.74, 6) is 1.33. The van der Waals surface area contributed by atoms with Crippen LogP contribution in [0.3, 0.4) is 0 Å². The van der Waals surface area contributed by atoms with Crippen LogP contribution < -0.4 is 9.47 Å². The van der Waals surface area contributed by atoms with Crippen LogP contribution in [0.5, 0.6) is 17.5 Å². The highest BCUT2D eigenvalue weighted by Gasteiger charge is 2.04. The van der Waals surface area contributed by atoms with Crippen molar-refractivity contribution < 1.29 is 9.47 Å². The Bertz CT molecular complexity index is 398. The number of hydrogen-bond donors (Lipinski definition) is 1. The standard InChI is InChI=1S/C10H10N2O2/c1-13-8-4-2-3-5-9(8)14-10-11-6-7-12-10/h2-7H,1H3,(H,11,12). The molecule has 0 aliphatic carbocycles. The molecule has 1 aromatic heterocycles. The van der Waals surface area contributed by atoms with Gasteiger partial charge >= 0.3 is 0 Å². The van der Waals surface area contributed by atoms with E-state index in [-0.39, 0.29) is 0 Å². The van der Waals surface area contributed by atoms with Gasteiger partial charge in [0.25, 0.3) is 6.01 Å². The van der Waals surface area contributed by atoms with Crippen molar-refractivity contribution in [1.82, 2.24) is 9.97 Å². The zero-order chi connectivity index (χ0) is 9.80. The molecule has 1 N–H and O–H groups in total. The van der Waals surface area contributed by atoms with Gasteiger partial charge in [0.2, 0.25) is 0 Å². The topological polar surface area (TPSA) is 47.1 Å². The lowest BCUT2D eigenvalue weighted by Crippen LogP contribution is -1.90. The quantitative estimate of drug-likeness (QED) is 0.807. The first kappa shape index (κ1) is 8.62. The fraction of sp³-hybridized carbons (Fsp3) is 0.100. The fourth-order valence-corrected chi connectivity index (χ4v) is 1.11. The summed E-state index contributed by atoms with van der Waals surface area (Å²) >= 11 is 0. The number of imidazole rings is 1. The van der Waals surface area contributed by atoms with E-state index >= 15 is 0 Å². The van der Waals surface area contributed by atoms with Gasteiger partial charge in [-0.1, -0.05) is 12.1 Å². The van der Waals surface area contributed by atoms with Crippen molar-refractivity contribution in [2.45, 2.75) is 0 Å². The van der Waals surface area contributed by atoms with Gasteiger partial charge in [-0.2, -0.15) is 0 Å². The Balaban J connectivity index is 2.24. The van der Waals surface area contributed by atoms with Crippen molar-refractivity contribution in [2.75, 3.05) is 7.11 Å². The minimum Gasteiger partial charge on any atom is -0.493 e. The lowest BCUT2D eigenvalue weighted by molar-refractivity contribution is 0.369. The van der Waals surface area contributed by atoms with Gasteiger partial charge in [0.15, 0.2) is 11.5 Å². The minimum atomic E-state index is 0.453. The molecule has 72 valence electrons. The molecule has 1 heterocycles. The monoisotopic (exact) mass is 190 g/mol. The number of aromatic nitrogens is 2. The number of para-hydroxylation sites is 2. The molecule has 0 saturated carbocycles. The zero-order valence-electron chi connectivity index (χ0n) is 7.73. The highest BCUT2D eigenvalue weighted by atomic mass is 16.5. The maximum absolute atomic E-state index is 5.45. The van der Waals surface area contributed by atoms with Gasteiger partial charge in [-0.25, -0.2) is 4.98 Å². The molecule has 0 aliphatic rings. The number of methoxy groups -OCH3 is 1. The normalized spacial score (nSPS) is 9.79. The Morgan fingerprint density at radius 2 is 2.00 bits per heavy atom. The summed E-state index contributed by atoms with van der Waals surface area (Å²) < 4.78 is 10.6. The van der Waals surface area contributed by atoms with Crippen molar-refractivity contribution in [3.8, 4) is 17.5 Å². The van der Waals surface area contributed by atoms with E-state index in [4.69, 9.17) is 9.47 Å². The van der Waals surface area contributed by atoms with Crippen LogP contribution >= 0.6 is 0 Å². The third kappa shape index (κ3) is 1.69. The van der Waals surface area contributed by atoms with Crippen LogP contribution in [0.2, 0.25) is 0 Å². The smallest absolute Gasteiger partial charge is 0.299 e. The van der Waals surface area contributed by atoms with Crippen LogP contribution in [0.4, 0.5) is 0 Å². The van der Waals surface area contributed by atoms with Crippen LogP contribution in [0.1, 0.15) is 0 Å². The Kier molecular flexibility index (Phi) is 2.36. The molecule has 0 aliphatic heterocycles. The molecular weight excluding hydrogens is 180 g/mol. The predicted molar refractivity (Wildman–Crippen MR) is 51.7 cm³/mol. The molecule has 2 rings (SSSR count). The number of ether oxygens (including phenoxy) is 2. The maximum atomic E-state index is 5.45. The molecule has 0 fully saturated rings. The molecule has 0 saturated heterocycles. The van der Waals surface area contributed by atoms with E-state index in [1.54, 1.807) is 19.5 Å². The molecule has 0 atom stereocenters. The molecule has 1 aromatic carbocycles. The van der Waals surface area contributed by atoms with Crippen LogP contribution in [0.25, 0.3) is 0 Å². The van der Waals surface area contributed by atoms with Crippen molar-refractivity contribution in [3.05, 3.63) is 36.7 Å². The molecule has 0 unspecified atom stereocenters. The number of rotatable bonds is 3. The molecule has 0 spiro atoms. The minimum absolute atomic E-state index is 0.453. The maximum Gasteiger partial charge on any atom is 0.299 e. The van der Waals surface area contributed by atoms with Crippen molar-refractivity contribution in [1.29, 1.82) is 0 Å². The number of benzene rings is 1. The molecule has 0 radical (unpaired) electrons. The third-order valence-electron chi connectivity index (χ3n) is 1.75. The Morgan fingerprint density at radius 1 is 1.21 bits per heavy atom. The first-order valence-corrected chi connectivity index (χ1v) is 4.20. The van der Waals surface area contributed by atoms with E-state index < -0.39 is 0 Å². The number of nitrogens with zero attached hydrogens (tertiary/aromatic N) is 1. The summed E-state index contributed by atoms with van der Waals surface area (Å²) in [6.45, 7) is 0. The van der Waals surface area contributed by atoms with E-state index in [1.807, 2.05) is 24.3 Å². The third-order valence-corrected chi connectivity index (χ3v) is 1.75. The van der Waals surface area contributed by atoms with E-state index in [9.17, 15) is 0 Å². The lowest BCUT2D eigenvalue weighted by Gasteiger charge is -2.06. The molecular formula is C10H10N2O2. The molecule has 4 heteroatoms. The summed E-state index contributed by atoms with van der Waals surface area (Å²) in [4.78, 5) is 6.80. The number of hydrogen-bond acceptors (Lipinski definition) is 3. The van der Waals surface area contributed by atoms with Gasteiger partial charge in [-0.05, 0) is 12.1 Å². The van der Waals surface area contributed by atoms with Crippen molar-refractivity contribution in [2.24, 2.45) is 0 Å². The lowest BCUT2D eigenvalue weighted by atomic mass is 10.3. The van der Waals surface area contributed by atoms with Gasteiger partial charge in [-0.3, -0.25) is 0 Å². The Hall–Kier alpha value is -1.97. The molecule has 14 heavy (non-hydrogen) atoms. The second kappa shape index (κ2) is 3.83. The molecule has 2 aromatic rings. The highest BCUT2D eigenvalue weighted by Crippen LogP contribution is 2.28. The van der Waals surface area contributed by atoms with Crippen molar-refractivity contribution >= 4 is 0 Å². The van der Waals surface area contributed by atoms with Crippen LogP contribution in [0.15, 0.2) is 36.7 Å². The summed E-state index contributed by atoms with van der Waals surface area (Å²) in [6.07, 6.45) is 3.33. The highest BCUT2D eigenvalue weighted by molar-refractivity contribution is 5.40. The zero-order valence-corrected chi connectivity index (χ0v) is 7.73. The van der Waals surface area contributed by atoms with E-state index in [1.165, 1.54) is 0 Å². The first-order chi connectivity index (χ1) is 6.90. The van der Waals surface area contributed by atoms with E-state index in [2.05, 4.69) is 9.97 Å².